The fraction of sp³-hybridized carbons (Fsp3) is 0.316. The Bertz CT molecular complexity index is 910. The molecule has 0 amide bonds. The average Bonchev–Trinajstić information content (AvgIpc) is 3.07. The van der Waals surface area contributed by atoms with E-state index in [1.807, 2.05) is 32.0 Å². The second kappa shape index (κ2) is 8.50. The third kappa shape index (κ3) is 4.73. The van der Waals surface area contributed by atoms with Crippen molar-refractivity contribution >= 4 is 11.6 Å². The summed E-state index contributed by atoms with van der Waals surface area (Å²) in [5.41, 5.74) is 3.47. The molecule has 0 spiro atoms. The van der Waals surface area contributed by atoms with Crippen molar-refractivity contribution in [1.82, 2.24) is 19.9 Å². The van der Waals surface area contributed by atoms with Crippen LogP contribution < -0.4 is 14.8 Å². The molecule has 27 heavy (non-hydrogen) atoms. The van der Waals surface area contributed by atoms with Crippen molar-refractivity contribution in [1.29, 1.82) is 0 Å². The largest absolute Gasteiger partial charge is 0.496 e. The molecule has 0 unspecified atom stereocenters. The molecule has 0 aliphatic carbocycles. The molecule has 2 aromatic heterocycles. The monoisotopic (exact) mass is 369 g/mol. The standard InChI is InChI=1S/C19H23N5O3/c1-12-9-17(27-8-7-25-3)24-19(22-12)23-14-5-6-15(16(10-14)26-4)18-20-11-13(2)21-18/h5-6,9-11H,7-8H2,1-4H3,(H,20,21)(H,22,23,24). The van der Waals surface area contributed by atoms with E-state index in [1.165, 1.54) is 0 Å². The second-order valence-electron chi connectivity index (χ2n) is 5.97. The molecule has 0 bridgehead atoms. The molecule has 3 aromatic rings. The lowest BCUT2D eigenvalue weighted by molar-refractivity contribution is 0.143. The molecular formula is C19H23N5O3. The van der Waals surface area contributed by atoms with E-state index >= 15 is 0 Å². The van der Waals surface area contributed by atoms with Gasteiger partial charge in [0.25, 0.3) is 0 Å². The van der Waals surface area contributed by atoms with Gasteiger partial charge in [-0.05, 0) is 26.0 Å². The molecule has 0 aliphatic heterocycles. The highest BCUT2D eigenvalue weighted by molar-refractivity contribution is 5.70. The van der Waals surface area contributed by atoms with Gasteiger partial charge in [-0.2, -0.15) is 4.98 Å². The summed E-state index contributed by atoms with van der Waals surface area (Å²) in [6, 6.07) is 7.52. The van der Waals surface area contributed by atoms with Crippen LogP contribution in [0, 0.1) is 13.8 Å². The van der Waals surface area contributed by atoms with E-state index in [2.05, 4.69) is 25.3 Å². The number of imidazole rings is 1. The molecule has 2 N–H and O–H groups in total. The summed E-state index contributed by atoms with van der Waals surface area (Å²) in [5.74, 6) is 2.40. The first-order valence-electron chi connectivity index (χ1n) is 8.53. The van der Waals surface area contributed by atoms with Crippen molar-refractivity contribution in [3.05, 3.63) is 41.9 Å². The Morgan fingerprint density at radius 2 is 1.93 bits per heavy atom. The maximum Gasteiger partial charge on any atom is 0.230 e. The number of ether oxygens (including phenoxy) is 3. The molecule has 0 saturated heterocycles. The van der Waals surface area contributed by atoms with Crippen LogP contribution in [0.5, 0.6) is 11.6 Å². The third-order valence-electron chi connectivity index (χ3n) is 3.78. The Balaban J connectivity index is 1.81. The van der Waals surface area contributed by atoms with Gasteiger partial charge >= 0.3 is 0 Å². The first-order chi connectivity index (χ1) is 13.1. The molecule has 0 saturated carbocycles. The van der Waals surface area contributed by atoms with Crippen molar-refractivity contribution < 1.29 is 14.2 Å². The second-order valence-corrected chi connectivity index (χ2v) is 5.97. The Morgan fingerprint density at radius 1 is 1.07 bits per heavy atom. The van der Waals surface area contributed by atoms with Crippen molar-refractivity contribution in [2.75, 3.05) is 32.8 Å². The maximum absolute atomic E-state index is 5.58. The average molecular weight is 369 g/mol. The number of methoxy groups -OCH3 is 2. The summed E-state index contributed by atoms with van der Waals surface area (Å²) in [6.45, 7) is 4.77. The van der Waals surface area contributed by atoms with E-state index in [9.17, 15) is 0 Å². The van der Waals surface area contributed by atoms with Crippen molar-refractivity contribution in [3.63, 3.8) is 0 Å². The van der Waals surface area contributed by atoms with Crippen LogP contribution >= 0.6 is 0 Å². The Kier molecular flexibility index (Phi) is 5.87. The highest BCUT2D eigenvalue weighted by Gasteiger charge is 2.11. The molecule has 8 nitrogen and oxygen atoms in total. The fourth-order valence-corrected chi connectivity index (χ4v) is 2.54. The number of H-pyrrole nitrogens is 1. The molecule has 2 heterocycles. The third-order valence-corrected chi connectivity index (χ3v) is 3.78. The van der Waals surface area contributed by atoms with Crippen LogP contribution in [0.25, 0.3) is 11.4 Å². The summed E-state index contributed by atoms with van der Waals surface area (Å²) in [4.78, 5) is 16.4. The number of hydrogen-bond donors (Lipinski definition) is 2. The summed E-state index contributed by atoms with van der Waals surface area (Å²) < 4.78 is 16.1. The van der Waals surface area contributed by atoms with Crippen LogP contribution in [0.4, 0.5) is 11.6 Å². The highest BCUT2D eigenvalue weighted by Crippen LogP contribution is 2.31. The summed E-state index contributed by atoms with van der Waals surface area (Å²) in [6.07, 6.45) is 1.78. The topological polar surface area (TPSA) is 94.2 Å². The minimum atomic E-state index is 0.428. The van der Waals surface area contributed by atoms with Gasteiger partial charge < -0.3 is 24.5 Å². The number of nitrogens with zero attached hydrogens (tertiary/aromatic N) is 3. The summed E-state index contributed by atoms with van der Waals surface area (Å²) in [5, 5.41) is 3.19. The quantitative estimate of drug-likeness (QED) is 0.589. The Hall–Kier alpha value is -3.13. The normalized spacial score (nSPS) is 10.7. The number of aryl methyl sites for hydroxylation is 2. The minimum absolute atomic E-state index is 0.428. The molecule has 3 rings (SSSR count). The van der Waals surface area contributed by atoms with Crippen LogP contribution in [0.15, 0.2) is 30.5 Å². The predicted molar refractivity (Wildman–Crippen MR) is 103 cm³/mol. The number of aromatic amines is 1. The lowest BCUT2D eigenvalue weighted by Gasteiger charge is -2.12. The van der Waals surface area contributed by atoms with Gasteiger partial charge in [0, 0.05) is 42.5 Å². The zero-order chi connectivity index (χ0) is 19.2. The molecule has 0 aliphatic rings. The molecule has 1 aromatic carbocycles. The molecule has 0 fully saturated rings. The van der Waals surface area contributed by atoms with Gasteiger partial charge in [0.05, 0.1) is 19.3 Å². The summed E-state index contributed by atoms with van der Waals surface area (Å²) in [7, 11) is 3.26. The van der Waals surface area contributed by atoms with E-state index < -0.39 is 0 Å². The van der Waals surface area contributed by atoms with Crippen molar-refractivity contribution in [3.8, 4) is 23.0 Å². The van der Waals surface area contributed by atoms with Crippen LogP contribution in [-0.4, -0.2) is 47.4 Å². The Morgan fingerprint density at radius 3 is 2.63 bits per heavy atom. The van der Waals surface area contributed by atoms with Gasteiger partial charge in [0.15, 0.2) is 0 Å². The SMILES string of the molecule is COCCOc1cc(C)nc(Nc2ccc(-c3ncc(C)[nH]3)c(OC)c2)n1. The van der Waals surface area contributed by atoms with Gasteiger partial charge in [-0.25, -0.2) is 9.97 Å². The molecular weight excluding hydrogens is 346 g/mol. The molecule has 142 valence electrons. The maximum atomic E-state index is 5.58. The number of benzene rings is 1. The van der Waals surface area contributed by atoms with Crippen LogP contribution in [0.1, 0.15) is 11.4 Å². The number of aromatic nitrogens is 4. The Labute approximate surface area is 157 Å². The van der Waals surface area contributed by atoms with Crippen LogP contribution in [0.2, 0.25) is 0 Å². The zero-order valence-corrected chi connectivity index (χ0v) is 15.9. The molecule has 0 radical (unpaired) electrons. The number of nitrogens with one attached hydrogen (secondary N) is 2. The van der Waals surface area contributed by atoms with E-state index in [4.69, 9.17) is 14.2 Å². The lowest BCUT2D eigenvalue weighted by Crippen LogP contribution is -2.07. The predicted octanol–water partition coefficient (Wildman–Crippen LogP) is 3.26. The first-order valence-corrected chi connectivity index (χ1v) is 8.53. The van der Waals surface area contributed by atoms with E-state index in [1.54, 1.807) is 26.5 Å². The van der Waals surface area contributed by atoms with Gasteiger partial charge in [-0.1, -0.05) is 0 Å². The number of hydrogen-bond acceptors (Lipinski definition) is 7. The summed E-state index contributed by atoms with van der Waals surface area (Å²) >= 11 is 0. The molecule has 8 heteroatoms. The van der Waals surface area contributed by atoms with Crippen LogP contribution in [-0.2, 0) is 4.74 Å². The first kappa shape index (κ1) is 18.7. The van der Waals surface area contributed by atoms with Gasteiger partial charge in [-0.15, -0.1) is 0 Å². The zero-order valence-electron chi connectivity index (χ0n) is 15.9. The van der Waals surface area contributed by atoms with Gasteiger partial charge in [0.2, 0.25) is 11.8 Å². The van der Waals surface area contributed by atoms with Gasteiger partial charge in [-0.3, -0.25) is 0 Å². The van der Waals surface area contributed by atoms with E-state index in [-0.39, 0.29) is 0 Å². The number of rotatable bonds is 8. The van der Waals surface area contributed by atoms with Crippen molar-refractivity contribution in [2.45, 2.75) is 13.8 Å². The smallest absolute Gasteiger partial charge is 0.230 e. The van der Waals surface area contributed by atoms with E-state index in [0.29, 0.717) is 30.8 Å². The van der Waals surface area contributed by atoms with Gasteiger partial charge in [0.1, 0.15) is 18.2 Å². The lowest BCUT2D eigenvalue weighted by atomic mass is 10.1. The minimum Gasteiger partial charge on any atom is -0.496 e. The number of anilines is 2. The fourth-order valence-electron chi connectivity index (χ4n) is 2.54. The molecule has 0 atom stereocenters. The highest BCUT2D eigenvalue weighted by atomic mass is 16.5. The van der Waals surface area contributed by atoms with Crippen LogP contribution in [0.3, 0.4) is 0 Å². The van der Waals surface area contributed by atoms with Crippen molar-refractivity contribution in [2.24, 2.45) is 0 Å². The van der Waals surface area contributed by atoms with E-state index in [0.717, 1.165) is 28.5 Å².